The zero-order valence-corrected chi connectivity index (χ0v) is 7.73. The molecule has 2 aliphatic rings. The molecule has 1 heterocycles. The number of carbonyl (C=O) groups is 1. The molecule has 2 rings (SSSR count). The largest absolute Gasteiger partial charge is 0.313 e. The maximum Gasteiger partial charge on any atom is 0.140 e. The van der Waals surface area contributed by atoms with Crippen LogP contribution in [0, 0.1) is 5.41 Å². The maximum atomic E-state index is 11.7. The van der Waals surface area contributed by atoms with Crippen molar-refractivity contribution in [1.82, 2.24) is 5.32 Å². The molecule has 2 heteroatoms. The van der Waals surface area contributed by atoms with Gasteiger partial charge in [-0.05, 0) is 32.2 Å². The number of nitrogens with one attached hydrogen (secondary N) is 1. The zero-order valence-electron chi connectivity index (χ0n) is 7.73. The SMILES string of the molecule is C[C@@]12CCCN[C@@H]1CCCC2=O. The second-order valence-corrected chi connectivity index (χ2v) is 4.34. The lowest BCUT2D eigenvalue weighted by Gasteiger charge is -2.44. The van der Waals surface area contributed by atoms with Crippen LogP contribution in [0.25, 0.3) is 0 Å². The van der Waals surface area contributed by atoms with Crippen molar-refractivity contribution < 1.29 is 4.79 Å². The monoisotopic (exact) mass is 167 g/mol. The van der Waals surface area contributed by atoms with Crippen molar-refractivity contribution in [2.45, 2.75) is 45.1 Å². The van der Waals surface area contributed by atoms with E-state index < -0.39 is 0 Å². The first kappa shape index (κ1) is 8.24. The van der Waals surface area contributed by atoms with Gasteiger partial charge in [-0.15, -0.1) is 0 Å². The van der Waals surface area contributed by atoms with E-state index >= 15 is 0 Å². The van der Waals surface area contributed by atoms with E-state index in [2.05, 4.69) is 12.2 Å². The Bertz CT molecular complexity index is 200. The quantitative estimate of drug-likeness (QED) is 0.592. The average molecular weight is 167 g/mol. The number of rotatable bonds is 0. The van der Waals surface area contributed by atoms with Crippen molar-refractivity contribution in [2.75, 3.05) is 6.54 Å². The fourth-order valence-electron chi connectivity index (χ4n) is 2.64. The number of ketones is 1. The van der Waals surface area contributed by atoms with Gasteiger partial charge in [0.15, 0.2) is 0 Å². The number of hydrogen-bond donors (Lipinski definition) is 1. The second-order valence-electron chi connectivity index (χ2n) is 4.34. The van der Waals surface area contributed by atoms with Crippen molar-refractivity contribution in [3.05, 3.63) is 0 Å². The second kappa shape index (κ2) is 2.84. The molecule has 0 aromatic carbocycles. The molecule has 2 nitrogen and oxygen atoms in total. The number of Topliss-reactive ketones (excluding diaryl/α,β-unsaturated/α-hetero) is 1. The summed E-state index contributed by atoms with van der Waals surface area (Å²) in [6, 6.07) is 0.479. The molecule has 0 unspecified atom stereocenters. The molecule has 68 valence electrons. The van der Waals surface area contributed by atoms with Crippen molar-refractivity contribution in [3.8, 4) is 0 Å². The minimum Gasteiger partial charge on any atom is -0.313 e. The molecule has 0 spiro atoms. The summed E-state index contributed by atoms with van der Waals surface area (Å²) in [6.45, 7) is 3.25. The Morgan fingerprint density at radius 2 is 2.33 bits per heavy atom. The molecular weight excluding hydrogens is 150 g/mol. The third-order valence-corrected chi connectivity index (χ3v) is 3.57. The Morgan fingerprint density at radius 1 is 1.50 bits per heavy atom. The number of fused-ring (bicyclic) bond motifs is 1. The number of carbonyl (C=O) groups excluding carboxylic acids is 1. The molecule has 0 amide bonds. The van der Waals surface area contributed by atoms with E-state index in [0.717, 1.165) is 25.8 Å². The van der Waals surface area contributed by atoms with Crippen LogP contribution in [0.3, 0.4) is 0 Å². The lowest BCUT2D eigenvalue weighted by atomic mass is 9.66. The highest BCUT2D eigenvalue weighted by atomic mass is 16.1. The van der Waals surface area contributed by atoms with Crippen LogP contribution in [-0.4, -0.2) is 18.4 Å². The molecule has 0 aromatic rings. The predicted octanol–water partition coefficient (Wildman–Crippen LogP) is 1.50. The molecule has 1 N–H and O–H groups in total. The highest BCUT2D eigenvalue weighted by molar-refractivity contribution is 5.86. The van der Waals surface area contributed by atoms with Crippen LogP contribution in [0.1, 0.15) is 39.0 Å². The number of piperidine rings is 1. The fraction of sp³-hybridized carbons (Fsp3) is 0.900. The van der Waals surface area contributed by atoms with Gasteiger partial charge in [-0.25, -0.2) is 0 Å². The minimum atomic E-state index is -0.0174. The van der Waals surface area contributed by atoms with E-state index in [1.54, 1.807) is 0 Å². The van der Waals surface area contributed by atoms with Gasteiger partial charge in [0.1, 0.15) is 5.78 Å². The maximum absolute atomic E-state index is 11.7. The Morgan fingerprint density at radius 3 is 3.08 bits per heavy atom. The summed E-state index contributed by atoms with van der Waals surface area (Å²) in [5.74, 6) is 0.492. The van der Waals surface area contributed by atoms with E-state index in [0.29, 0.717) is 11.8 Å². The molecule has 1 saturated heterocycles. The summed E-state index contributed by atoms with van der Waals surface area (Å²) >= 11 is 0. The molecule has 12 heavy (non-hydrogen) atoms. The van der Waals surface area contributed by atoms with Crippen LogP contribution in [0.5, 0.6) is 0 Å². The summed E-state index contributed by atoms with van der Waals surface area (Å²) in [6.07, 6.45) is 5.37. The van der Waals surface area contributed by atoms with Gasteiger partial charge in [0.2, 0.25) is 0 Å². The Hall–Kier alpha value is -0.370. The molecule has 0 aromatic heterocycles. The lowest BCUT2D eigenvalue weighted by molar-refractivity contribution is -0.133. The summed E-state index contributed by atoms with van der Waals surface area (Å²) in [5.41, 5.74) is -0.0174. The molecule has 1 saturated carbocycles. The molecule has 0 bridgehead atoms. The Kier molecular flexibility index (Phi) is 1.95. The highest BCUT2D eigenvalue weighted by Crippen LogP contribution is 2.39. The van der Waals surface area contributed by atoms with E-state index in [-0.39, 0.29) is 5.41 Å². The van der Waals surface area contributed by atoms with Crippen LogP contribution >= 0.6 is 0 Å². The first-order valence-electron chi connectivity index (χ1n) is 5.00. The van der Waals surface area contributed by atoms with Crippen molar-refractivity contribution in [3.63, 3.8) is 0 Å². The summed E-state index contributed by atoms with van der Waals surface area (Å²) in [4.78, 5) is 11.7. The normalized spacial score (nSPS) is 42.4. The Balaban J connectivity index is 2.20. The van der Waals surface area contributed by atoms with Crippen molar-refractivity contribution in [1.29, 1.82) is 0 Å². The van der Waals surface area contributed by atoms with Crippen molar-refractivity contribution in [2.24, 2.45) is 5.41 Å². The standard InChI is InChI=1S/C10H17NO/c1-10-6-3-7-11-8(10)4-2-5-9(10)12/h8,11H,2-7H2,1H3/t8-,10-/m1/s1. The fourth-order valence-corrected chi connectivity index (χ4v) is 2.64. The average Bonchev–Trinajstić information content (AvgIpc) is 2.07. The summed E-state index contributed by atoms with van der Waals surface area (Å²) in [5, 5.41) is 3.47. The van der Waals surface area contributed by atoms with Gasteiger partial charge in [0.05, 0.1) is 0 Å². The zero-order chi connectivity index (χ0) is 8.60. The van der Waals surface area contributed by atoms with Crippen LogP contribution in [0.15, 0.2) is 0 Å². The lowest BCUT2D eigenvalue weighted by Crippen LogP contribution is -2.54. The van der Waals surface area contributed by atoms with Gasteiger partial charge in [-0.3, -0.25) is 4.79 Å². The van der Waals surface area contributed by atoms with Crippen LogP contribution in [-0.2, 0) is 4.79 Å². The highest BCUT2D eigenvalue weighted by Gasteiger charge is 2.44. The Labute approximate surface area is 73.7 Å². The van der Waals surface area contributed by atoms with Gasteiger partial charge >= 0.3 is 0 Å². The van der Waals surface area contributed by atoms with E-state index in [1.165, 1.54) is 12.8 Å². The first-order chi connectivity index (χ1) is 5.73. The van der Waals surface area contributed by atoms with E-state index in [9.17, 15) is 4.79 Å². The molecule has 1 aliphatic heterocycles. The molecule has 1 aliphatic carbocycles. The topological polar surface area (TPSA) is 29.1 Å². The predicted molar refractivity (Wildman–Crippen MR) is 48.0 cm³/mol. The van der Waals surface area contributed by atoms with Crippen LogP contribution < -0.4 is 5.32 Å². The van der Waals surface area contributed by atoms with Gasteiger partial charge in [-0.1, -0.05) is 6.92 Å². The van der Waals surface area contributed by atoms with Gasteiger partial charge in [-0.2, -0.15) is 0 Å². The van der Waals surface area contributed by atoms with Crippen molar-refractivity contribution >= 4 is 5.78 Å². The third-order valence-electron chi connectivity index (χ3n) is 3.57. The summed E-state index contributed by atoms with van der Waals surface area (Å²) < 4.78 is 0. The van der Waals surface area contributed by atoms with Gasteiger partial charge in [0, 0.05) is 17.9 Å². The van der Waals surface area contributed by atoms with E-state index in [4.69, 9.17) is 0 Å². The van der Waals surface area contributed by atoms with Gasteiger partial charge < -0.3 is 5.32 Å². The smallest absolute Gasteiger partial charge is 0.140 e. The molecular formula is C10H17NO. The van der Waals surface area contributed by atoms with Gasteiger partial charge in [0.25, 0.3) is 0 Å². The molecule has 2 fully saturated rings. The molecule has 0 radical (unpaired) electrons. The van der Waals surface area contributed by atoms with Crippen LogP contribution in [0.2, 0.25) is 0 Å². The summed E-state index contributed by atoms with van der Waals surface area (Å²) in [7, 11) is 0. The number of hydrogen-bond acceptors (Lipinski definition) is 2. The van der Waals surface area contributed by atoms with Crippen LogP contribution in [0.4, 0.5) is 0 Å². The molecule has 2 atom stereocenters. The third kappa shape index (κ3) is 1.09. The van der Waals surface area contributed by atoms with E-state index in [1.807, 2.05) is 0 Å². The minimum absolute atomic E-state index is 0.0174. The first-order valence-corrected chi connectivity index (χ1v) is 5.00.